The van der Waals surface area contributed by atoms with Crippen LogP contribution in [-0.4, -0.2) is 33.6 Å². The molecule has 1 aliphatic rings. The maximum Gasteiger partial charge on any atom is 0.257 e. The first kappa shape index (κ1) is 19.8. The van der Waals surface area contributed by atoms with Gasteiger partial charge in [0.1, 0.15) is 5.82 Å². The van der Waals surface area contributed by atoms with Crippen molar-refractivity contribution in [3.8, 4) is 0 Å². The van der Waals surface area contributed by atoms with Gasteiger partial charge in [-0.05, 0) is 43.2 Å². The summed E-state index contributed by atoms with van der Waals surface area (Å²) in [6.07, 6.45) is 1.50. The van der Waals surface area contributed by atoms with Gasteiger partial charge in [0.25, 0.3) is 5.91 Å². The number of sulfonamides is 1. The molecule has 1 amide bonds. The number of benzene rings is 2. The number of anilines is 1. The van der Waals surface area contributed by atoms with Crippen molar-refractivity contribution in [3.63, 3.8) is 0 Å². The van der Waals surface area contributed by atoms with Crippen molar-refractivity contribution in [3.05, 3.63) is 58.9 Å². The minimum atomic E-state index is -3.88. The highest BCUT2D eigenvalue weighted by Crippen LogP contribution is 2.22. The summed E-state index contributed by atoms with van der Waals surface area (Å²) in [6.45, 7) is 0.746. The van der Waals surface area contributed by atoms with Crippen LogP contribution in [0.5, 0.6) is 0 Å². The van der Waals surface area contributed by atoms with Gasteiger partial charge < -0.3 is 10.1 Å². The average molecular weight is 413 g/mol. The predicted octanol–water partition coefficient (Wildman–Crippen LogP) is 3.19. The van der Waals surface area contributed by atoms with Crippen molar-refractivity contribution < 1.29 is 22.3 Å². The molecule has 0 saturated carbocycles. The van der Waals surface area contributed by atoms with Crippen molar-refractivity contribution in [2.24, 2.45) is 0 Å². The van der Waals surface area contributed by atoms with Crippen LogP contribution in [0, 0.1) is 5.82 Å². The first-order valence-electron chi connectivity index (χ1n) is 8.33. The Kier molecular flexibility index (Phi) is 6.11. The van der Waals surface area contributed by atoms with Crippen LogP contribution in [0.2, 0.25) is 5.02 Å². The molecule has 2 aromatic rings. The summed E-state index contributed by atoms with van der Waals surface area (Å²) in [4.78, 5) is 12.0. The van der Waals surface area contributed by atoms with Crippen LogP contribution in [0.4, 0.5) is 10.1 Å². The number of carbonyl (C=O) groups is 1. The fourth-order valence-corrected chi connectivity index (χ4v) is 3.99. The van der Waals surface area contributed by atoms with Crippen LogP contribution in [-0.2, 0) is 14.8 Å². The van der Waals surface area contributed by atoms with Gasteiger partial charge in [-0.2, -0.15) is 0 Å². The topological polar surface area (TPSA) is 84.5 Å². The highest BCUT2D eigenvalue weighted by molar-refractivity contribution is 7.89. The zero-order valence-electron chi connectivity index (χ0n) is 14.2. The number of hydrogen-bond acceptors (Lipinski definition) is 4. The highest BCUT2D eigenvalue weighted by atomic mass is 35.5. The van der Waals surface area contributed by atoms with Gasteiger partial charge >= 0.3 is 0 Å². The lowest BCUT2D eigenvalue weighted by Gasteiger charge is -2.12. The summed E-state index contributed by atoms with van der Waals surface area (Å²) in [7, 11) is -3.88. The van der Waals surface area contributed by atoms with E-state index in [1.165, 1.54) is 18.2 Å². The number of amides is 1. The standard InChI is InChI=1S/C18H18ClFN2O4S/c19-15-6-2-1-5-14(15)18(23)22-17-8-7-13(10-16(17)20)27(24,25)21-11-12-4-3-9-26-12/h1-2,5-8,10,12,21H,3-4,9,11H2,(H,22,23)/t12-/m1/s1. The van der Waals surface area contributed by atoms with Gasteiger partial charge in [0.05, 0.1) is 27.3 Å². The predicted molar refractivity (Wildman–Crippen MR) is 100.0 cm³/mol. The molecule has 0 bridgehead atoms. The summed E-state index contributed by atoms with van der Waals surface area (Å²) in [5.41, 5.74) is 0.0477. The second-order valence-electron chi connectivity index (χ2n) is 6.06. The Morgan fingerprint density at radius 2 is 2.04 bits per heavy atom. The van der Waals surface area contributed by atoms with E-state index in [4.69, 9.17) is 16.3 Å². The van der Waals surface area contributed by atoms with Crippen LogP contribution in [0.15, 0.2) is 47.4 Å². The number of hydrogen-bond donors (Lipinski definition) is 2. The molecule has 2 aromatic carbocycles. The van der Waals surface area contributed by atoms with Gasteiger partial charge in [-0.15, -0.1) is 0 Å². The second-order valence-corrected chi connectivity index (χ2v) is 8.24. The molecule has 1 atom stereocenters. The second kappa shape index (κ2) is 8.35. The number of halogens is 2. The number of ether oxygens (including phenoxy) is 1. The lowest BCUT2D eigenvalue weighted by Crippen LogP contribution is -2.31. The molecule has 6 nitrogen and oxygen atoms in total. The lowest BCUT2D eigenvalue weighted by atomic mass is 10.2. The number of nitrogens with one attached hydrogen (secondary N) is 2. The van der Waals surface area contributed by atoms with Crippen LogP contribution < -0.4 is 10.0 Å². The van der Waals surface area contributed by atoms with Crippen molar-refractivity contribution in [2.75, 3.05) is 18.5 Å². The Morgan fingerprint density at radius 1 is 1.26 bits per heavy atom. The van der Waals surface area contributed by atoms with Crippen LogP contribution in [0.1, 0.15) is 23.2 Å². The third kappa shape index (κ3) is 4.84. The zero-order valence-corrected chi connectivity index (χ0v) is 15.8. The van der Waals surface area contributed by atoms with Crippen molar-refractivity contribution in [1.82, 2.24) is 4.72 Å². The molecule has 9 heteroatoms. The Bertz CT molecular complexity index is 946. The molecule has 3 rings (SSSR count). The van der Waals surface area contributed by atoms with Gasteiger partial charge in [0.2, 0.25) is 10.0 Å². The molecule has 1 saturated heterocycles. The molecule has 1 aliphatic heterocycles. The van der Waals surface area contributed by atoms with E-state index in [0.29, 0.717) is 6.61 Å². The Labute approximate surface area is 161 Å². The zero-order chi connectivity index (χ0) is 19.4. The molecule has 27 heavy (non-hydrogen) atoms. The van der Waals surface area contributed by atoms with Crippen molar-refractivity contribution in [1.29, 1.82) is 0 Å². The van der Waals surface area contributed by atoms with E-state index >= 15 is 0 Å². The molecule has 1 heterocycles. The molecule has 1 fully saturated rings. The first-order valence-corrected chi connectivity index (χ1v) is 10.2. The first-order chi connectivity index (χ1) is 12.9. The molecular formula is C18H18ClFN2O4S. The average Bonchev–Trinajstić information content (AvgIpc) is 3.15. The molecule has 0 aromatic heterocycles. The van der Waals surface area contributed by atoms with Gasteiger partial charge in [-0.1, -0.05) is 23.7 Å². The maximum atomic E-state index is 14.3. The molecule has 0 unspecified atom stereocenters. The third-order valence-electron chi connectivity index (χ3n) is 4.14. The van der Waals surface area contributed by atoms with E-state index in [2.05, 4.69) is 10.0 Å². The summed E-state index contributed by atoms with van der Waals surface area (Å²) >= 11 is 5.95. The van der Waals surface area contributed by atoms with Gasteiger partial charge in [0, 0.05) is 13.2 Å². The van der Waals surface area contributed by atoms with Gasteiger partial charge in [-0.25, -0.2) is 17.5 Å². The van der Waals surface area contributed by atoms with Gasteiger partial charge in [-0.3, -0.25) is 4.79 Å². The van der Waals surface area contributed by atoms with E-state index in [0.717, 1.165) is 18.9 Å². The molecule has 0 radical (unpaired) electrons. The summed E-state index contributed by atoms with van der Waals surface area (Å²) in [6, 6.07) is 9.63. The van der Waals surface area contributed by atoms with Crippen LogP contribution in [0.3, 0.4) is 0 Å². The minimum absolute atomic E-state index is 0.134. The maximum absolute atomic E-state index is 14.3. The minimum Gasteiger partial charge on any atom is -0.377 e. The SMILES string of the molecule is O=C(Nc1ccc(S(=O)(=O)NC[C@H]2CCCO2)cc1F)c1ccccc1Cl. The normalized spacial score (nSPS) is 17.0. The molecule has 0 spiro atoms. The number of rotatable bonds is 6. The van der Waals surface area contributed by atoms with E-state index in [1.54, 1.807) is 18.2 Å². The van der Waals surface area contributed by atoms with E-state index in [-0.39, 0.29) is 33.8 Å². The smallest absolute Gasteiger partial charge is 0.257 e. The van der Waals surface area contributed by atoms with Crippen LogP contribution in [0.25, 0.3) is 0 Å². The Morgan fingerprint density at radius 3 is 2.70 bits per heavy atom. The lowest BCUT2D eigenvalue weighted by molar-refractivity contribution is 0.102. The van der Waals surface area contributed by atoms with E-state index in [9.17, 15) is 17.6 Å². The fourth-order valence-electron chi connectivity index (χ4n) is 2.69. The van der Waals surface area contributed by atoms with Crippen molar-refractivity contribution in [2.45, 2.75) is 23.8 Å². The van der Waals surface area contributed by atoms with E-state index in [1.807, 2.05) is 0 Å². The monoisotopic (exact) mass is 412 g/mol. The van der Waals surface area contributed by atoms with Crippen molar-refractivity contribution >= 4 is 33.2 Å². The number of carbonyl (C=O) groups excluding carboxylic acids is 1. The molecule has 144 valence electrons. The summed E-state index contributed by atoms with van der Waals surface area (Å²) in [5.74, 6) is -1.46. The highest BCUT2D eigenvalue weighted by Gasteiger charge is 2.21. The quantitative estimate of drug-likeness (QED) is 0.763. The fraction of sp³-hybridized carbons (Fsp3) is 0.278. The molecular weight excluding hydrogens is 395 g/mol. The van der Waals surface area contributed by atoms with Gasteiger partial charge in [0.15, 0.2) is 0 Å². The van der Waals surface area contributed by atoms with E-state index < -0.39 is 21.7 Å². The Hall–Kier alpha value is -2.00. The van der Waals surface area contributed by atoms with Crippen LogP contribution >= 0.6 is 11.6 Å². The third-order valence-corrected chi connectivity index (χ3v) is 5.89. The Balaban J connectivity index is 1.71. The molecule has 0 aliphatic carbocycles. The largest absolute Gasteiger partial charge is 0.377 e. The summed E-state index contributed by atoms with van der Waals surface area (Å²) in [5, 5.41) is 2.62. The summed E-state index contributed by atoms with van der Waals surface area (Å²) < 4.78 is 46.7. The molecule has 2 N–H and O–H groups in total.